The first-order valence-corrected chi connectivity index (χ1v) is 7.34. The van der Waals surface area contributed by atoms with Crippen molar-refractivity contribution in [2.24, 2.45) is 0 Å². The van der Waals surface area contributed by atoms with Crippen LogP contribution in [0.2, 0.25) is 0 Å². The fourth-order valence-electron chi connectivity index (χ4n) is 2.20. The molecule has 5 heteroatoms. The fraction of sp³-hybridized carbons (Fsp3) is 0.529. The van der Waals surface area contributed by atoms with E-state index in [0.29, 0.717) is 6.42 Å². The second kappa shape index (κ2) is 7.29. The summed E-state index contributed by atoms with van der Waals surface area (Å²) in [6.07, 6.45) is -0.284. The van der Waals surface area contributed by atoms with Gasteiger partial charge >= 0.3 is 12.1 Å². The Balaban J connectivity index is 2.80. The molecule has 0 bridgehead atoms. The number of ether oxygens (including phenoxy) is 1. The van der Waals surface area contributed by atoms with E-state index >= 15 is 0 Å². The Morgan fingerprint density at radius 2 is 1.91 bits per heavy atom. The number of aliphatic carboxylic acids is 1. The summed E-state index contributed by atoms with van der Waals surface area (Å²) in [4.78, 5) is 22.9. The largest absolute Gasteiger partial charge is 0.481 e. The Morgan fingerprint density at radius 1 is 1.27 bits per heavy atom. The first kappa shape index (κ1) is 18.0. The zero-order valence-electron chi connectivity index (χ0n) is 13.9. The van der Waals surface area contributed by atoms with E-state index in [1.54, 1.807) is 20.8 Å². The number of carbonyl (C=O) groups is 2. The molecule has 0 heterocycles. The molecule has 1 unspecified atom stereocenters. The van der Waals surface area contributed by atoms with Crippen molar-refractivity contribution in [3.8, 4) is 0 Å². The quantitative estimate of drug-likeness (QED) is 0.876. The molecule has 0 saturated carbocycles. The van der Waals surface area contributed by atoms with E-state index in [1.165, 1.54) is 0 Å². The van der Waals surface area contributed by atoms with Gasteiger partial charge in [0.25, 0.3) is 0 Å². The molecule has 0 aromatic heterocycles. The molecule has 1 atom stereocenters. The number of nitrogens with one attached hydrogen (secondary N) is 1. The summed E-state index contributed by atoms with van der Waals surface area (Å²) in [5, 5.41) is 11.7. The van der Waals surface area contributed by atoms with Gasteiger partial charge in [0.15, 0.2) is 0 Å². The summed E-state index contributed by atoms with van der Waals surface area (Å²) in [5.41, 5.74) is 2.64. The van der Waals surface area contributed by atoms with Crippen LogP contribution in [0.25, 0.3) is 0 Å². The minimum absolute atomic E-state index is 0.146. The summed E-state index contributed by atoms with van der Waals surface area (Å²) in [6, 6.07) is 5.48. The molecule has 0 aliphatic rings. The Hall–Kier alpha value is -2.04. The molecule has 0 aliphatic heterocycles. The molecule has 0 spiro atoms. The lowest BCUT2D eigenvalue weighted by atomic mass is 9.98. The van der Waals surface area contributed by atoms with Gasteiger partial charge in [0.2, 0.25) is 0 Å². The first-order valence-electron chi connectivity index (χ1n) is 7.34. The average molecular weight is 307 g/mol. The molecule has 0 fully saturated rings. The number of rotatable bonds is 5. The van der Waals surface area contributed by atoms with Crippen molar-refractivity contribution in [1.82, 2.24) is 5.32 Å². The third-order valence-corrected chi connectivity index (χ3v) is 3.11. The number of alkyl carbamates (subject to hydrolysis) is 1. The van der Waals surface area contributed by atoms with Gasteiger partial charge < -0.3 is 15.2 Å². The normalized spacial score (nSPS) is 12.6. The van der Waals surface area contributed by atoms with Crippen LogP contribution in [0.5, 0.6) is 0 Å². The highest BCUT2D eigenvalue weighted by atomic mass is 16.6. The lowest BCUT2D eigenvalue weighted by Gasteiger charge is -2.23. The van der Waals surface area contributed by atoms with Crippen molar-refractivity contribution in [3.05, 3.63) is 34.9 Å². The predicted molar refractivity (Wildman–Crippen MR) is 85.0 cm³/mol. The van der Waals surface area contributed by atoms with Gasteiger partial charge in [-0.05, 0) is 52.2 Å². The Kier molecular flexibility index (Phi) is 5.97. The molecular formula is C17H25NO4. The van der Waals surface area contributed by atoms with Crippen LogP contribution in [0.15, 0.2) is 18.2 Å². The molecule has 1 rings (SSSR count). The van der Waals surface area contributed by atoms with Crippen LogP contribution < -0.4 is 5.32 Å². The SMILES string of the molecule is Cc1ccc(CC(CC(=O)O)NC(=O)OC(C)(C)C)c(C)c1. The topological polar surface area (TPSA) is 75.6 Å². The van der Waals surface area contributed by atoms with Crippen molar-refractivity contribution in [2.45, 2.75) is 59.1 Å². The average Bonchev–Trinajstić information content (AvgIpc) is 2.29. The van der Waals surface area contributed by atoms with E-state index in [-0.39, 0.29) is 6.42 Å². The smallest absolute Gasteiger partial charge is 0.407 e. The predicted octanol–water partition coefficient (Wildman–Crippen LogP) is 3.21. The fourth-order valence-corrected chi connectivity index (χ4v) is 2.20. The molecule has 1 aromatic rings. The van der Waals surface area contributed by atoms with E-state index in [9.17, 15) is 9.59 Å². The van der Waals surface area contributed by atoms with Gasteiger partial charge in [-0.3, -0.25) is 4.79 Å². The number of carboxylic acids is 1. The van der Waals surface area contributed by atoms with Gasteiger partial charge in [-0.2, -0.15) is 0 Å². The zero-order chi connectivity index (χ0) is 16.9. The molecular weight excluding hydrogens is 282 g/mol. The number of amides is 1. The molecule has 2 N–H and O–H groups in total. The summed E-state index contributed by atoms with van der Waals surface area (Å²) in [6.45, 7) is 9.28. The van der Waals surface area contributed by atoms with Crippen LogP contribution in [0.3, 0.4) is 0 Å². The minimum Gasteiger partial charge on any atom is -0.481 e. The van der Waals surface area contributed by atoms with Crippen LogP contribution in [-0.2, 0) is 16.0 Å². The Labute approximate surface area is 131 Å². The van der Waals surface area contributed by atoms with E-state index in [1.807, 2.05) is 32.0 Å². The standard InChI is InChI=1S/C17H25NO4/c1-11-6-7-13(12(2)8-11)9-14(10-15(19)20)18-16(21)22-17(3,4)5/h6-8,14H,9-10H2,1-5H3,(H,18,21)(H,19,20). The molecule has 1 aromatic carbocycles. The summed E-state index contributed by atoms with van der Waals surface area (Å²) in [5.74, 6) is -0.953. The molecule has 1 amide bonds. The van der Waals surface area contributed by atoms with Gasteiger partial charge in [0, 0.05) is 6.04 Å². The van der Waals surface area contributed by atoms with Crippen molar-refractivity contribution in [1.29, 1.82) is 0 Å². The van der Waals surface area contributed by atoms with Crippen molar-refractivity contribution in [2.75, 3.05) is 0 Å². The molecule has 22 heavy (non-hydrogen) atoms. The maximum absolute atomic E-state index is 11.9. The summed E-state index contributed by atoms with van der Waals surface area (Å²) < 4.78 is 5.19. The molecule has 0 radical (unpaired) electrons. The lowest BCUT2D eigenvalue weighted by molar-refractivity contribution is -0.137. The second-order valence-electron chi connectivity index (χ2n) is 6.58. The minimum atomic E-state index is -0.953. The van der Waals surface area contributed by atoms with E-state index in [0.717, 1.165) is 16.7 Å². The van der Waals surface area contributed by atoms with E-state index in [2.05, 4.69) is 5.32 Å². The maximum atomic E-state index is 11.9. The third-order valence-electron chi connectivity index (χ3n) is 3.11. The monoisotopic (exact) mass is 307 g/mol. The number of hydrogen-bond donors (Lipinski definition) is 2. The van der Waals surface area contributed by atoms with Gasteiger partial charge in [-0.15, -0.1) is 0 Å². The Morgan fingerprint density at radius 3 is 2.41 bits per heavy atom. The van der Waals surface area contributed by atoms with Crippen molar-refractivity contribution < 1.29 is 19.4 Å². The highest BCUT2D eigenvalue weighted by molar-refractivity contribution is 5.71. The summed E-state index contributed by atoms with van der Waals surface area (Å²) >= 11 is 0. The van der Waals surface area contributed by atoms with Crippen LogP contribution in [0, 0.1) is 13.8 Å². The summed E-state index contributed by atoms with van der Waals surface area (Å²) in [7, 11) is 0. The third kappa shape index (κ3) is 6.61. The zero-order valence-corrected chi connectivity index (χ0v) is 13.9. The first-order chi connectivity index (χ1) is 10.1. The maximum Gasteiger partial charge on any atom is 0.407 e. The highest BCUT2D eigenvalue weighted by Crippen LogP contribution is 2.15. The van der Waals surface area contributed by atoms with Crippen molar-refractivity contribution >= 4 is 12.1 Å². The number of hydrogen-bond acceptors (Lipinski definition) is 3. The van der Waals surface area contributed by atoms with Gasteiger partial charge in [-0.25, -0.2) is 4.79 Å². The van der Waals surface area contributed by atoms with Crippen LogP contribution in [0.1, 0.15) is 43.9 Å². The Bertz CT molecular complexity index is 546. The van der Waals surface area contributed by atoms with Crippen LogP contribution in [-0.4, -0.2) is 28.8 Å². The van der Waals surface area contributed by atoms with E-state index in [4.69, 9.17) is 9.84 Å². The number of carboxylic acid groups (broad SMARTS) is 1. The molecule has 122 valence electrons. The molecule has 0 saturated heterocycles. The number of aryl methyl sites for hydroxylation is 2. The second-order valence-corrected chi connectivity index (χ2v) is 6.58. The van der Waals surface area contributed by atoms with Crippen molar-refractivity contribution in [3.63, 3.8) is 0 Å². The lowest BCUT2D eigenvalue weighted by Crippen LogP contribution is -2.41. The highest BCUT2D eigenvalue weighted by Gasteiger charge is 2.22. The van der Waals surface area contributed by atoms with Gasteiger partial charge in [-0.1, -0.05) is 23.8 Å². The number of carbonyl (C=O) groups excluding carboxylic acids is 1. The molecule has 0 aliphatic carbocycles. The molecule has 5 nitrogen and oxygen atoms in total. The van der Waals surface area contributed by atoms with Gasteiger partial charge in [0.1, 0.15) is 5.60 Å². The van der Waals surface area contributed by atoms with Crippen LogP contribution in [0.4, 0.5) is 4.79 Å². The van der Waals surface area contributed by atoms with E-state index < -0.39 is 23.7 Å². The number of benzene rings is 1. The van der Waals surface area contributed by atoms with Crippen LogP contribution >= 0.6 is 0 Å². The van der Waals surface area contributed by atoms with Gasteiger partial charge in [0.05, 0.1) is 6.42 Å².